The molecule has 186 valence electrons. The van der Waals surface area contributed by atoms with Gasteiger partial charge in [0.15, 0.2) is 0 Å². The molecule has 1 saturated heterocycles. The number of aryl methyl sites for hydroxylation is 1. The summed E-state index contributed by atoms with van der Waals surface area (Å²) in [6.45, 7) is 3.57. The summed E-state index contributed by atoms with van der Waals surface area (Å²) in [5, 5.41) is 0.884. The topological polar surface area (TPSA) is 95.9 Å². The molecule has 0 spiro atoms. The molecule has 2 aliphatic heterocycles. The van der Waals surface area contributed by atoms with Crippen LogP contribution in [0.2, 0.25) is 0 Å². The van der Waals surface area contributed by atoms with Gasteiger partial charge in [0.1, 0.15) is 23.0 Å². The Balaban J connectivity index is 1.26. The van der Waals surface area contributed by atoms with Crippen molar-refractivity contribution in [1.29, 1.82) is 0 Å². The first-order valence-electron chi connectivity index (χ1n) is 11.9. The van der Waals surface area contributed by atoms with E-state index in [2.05, 4.69) is 16.0 Å². The monoisotopic (exact) mass is 506 g/mol. The highest BCUT2D eigenvalue weighted by atomic mass is 32.1. The van der Waals surface area contributed by atoms with Crippen LogP contribution >= 0.6 is 11.3 Å². The molecule has 0 aliphatic carbocycles. The molecule has 0 saturated carbocycles. The van der Waals surface area contributed by atoms with Crippen molar-refractivity contribution < 1.29 is 23.7 Å². The van der Waals surface area contributed by atoms with Gasteiger partial charge in [-0.05, 0) is 36.8 Å². The standard InChI is InChI=1S/C26H26N4O5S/c1-14-8-18(23-20(9-14)28-22(32-3)11-27-23)25-29-19-4-5-21-17(24(19)36-25)10-16(34-21)12-30(2)26(31)35-15-6-7-33-13-15/h4-5,8-9,11,15-16H,6-7,10,12-13H2,1-3H3/t15?,16-/m0/s1. The molecule has 4 heterocycles. The fourth-order valence-electron chi connectivity index (χ4n) is 4.73. The van der Waals surface area contributed by atoms with Gasteiger partial charge in [0.05, 0.1) is 54.3 Å². The molecule has 6 rings (SSSR count). The van der Waals surface area contributed by atoms with Crippen molar-refractivity contribution in [3.05, 3.63) is 41.6 Å². The molecule has 1 unspecified atom stereocenters. The van der Waals surface area contributed by atoms with E-state index < -0.39 is 0 Å². The Labute approximate surface area is 212 Å². The van der Waals surface area contributed by atoms with E-state index in [0.29, 0.717) is 32.1 Å². The molecule has 36 heavy (non-hydrogen) atoms. The molecular weight excluding hydrogens is 480 g/mol. The van der Waals surface area contributed by atoms with Crippen LogP contribution in [-0.2, 0) is 15.9 Å². The minimum absolute atomic E-state index is 0.147. The highest BCUT2D eigenvalue weighted by molar-refractivity contribution is 7.22. The van der Waals surface area contributed by atoms with Crippen LogP contribution in [0.15, 0.2) is 30.5 Å². The van der Waals surface area contributed by atoms with Gasteiger partial charge in [0.2, 0.25) is 5.88 Å². The van der Waals surface area contributed by atoms with Crippen LogP contribution in [0.1, 0.15) is 17.5 Å². The molecule has 2 aromatic carbocycles. The average Bonchev–Trinajstić information content (AvgIpc) is 3.62. The number of aromatic nitrogens is 3. The molecule has 1 amide bonds. The zero-order valence-electron chi connectivity index (χ0n) is 20.3. The maximum atomic E-state index is 12.5. The molecule has 0 N–H and O–H groups in total. The summed E-state index contributed by atoms with van der Waals surface area (Å²) in [4.78, 5) is 28.2. The minimum atomic E-state index is -0.348. The molecule has 0 bridgehead atoms. The highest BCUT2D eigenvalue weighted by Crippen LogP contribution is 2.41. The Hall–Kier alpha value is -3.50. The van der Waals surface area contributed by atoms with Gasteiger partial charge in [-0.3, -0.25) is 0 Å². The third kappa shape index (κ3) is 4.20. The van der Waals surface area contributed by atoms with Gasteiger partial charge in [-0.2, -0.15) is 0 Å². The first-order valence-corrected chi connectivity index (χ1v) is 12.7. The lowest BCUT2D eigenvalue weighted by Crippen LogP contribution is -2.38. The van der Waals surface area contributed by atoms with Crippen LogP contribution in [0.4, 0.5) is 4.79 Å². The Kier molecular flexibility index (Phi) is 5.85. The summed E-state index contributed by atoms with van der Waals surface area (Å²) in [6.07, 6.45) is 2.41. The van der Waals surface area contributed by atoms with Crippen molar-refractivity contribution in [3.8, 4) is 22.2 Å². The smallest absolute Gasteiger partial charge is 0.409 e. The maximum absolute atomic E-state index is 12.5. The fraction of sp³-hybridized carbons (Fsp3) is 0.385. The predicted molar refractivity (Wildman–Crippen MR) is 136 cm³/mol. The van der Waals surface area contributed by atoms with Crippen LogP contribution in [0.25, 0.3) is 31.8 Å². The van der Waals surface area contributed by atoms with E-state index in [1.165, 1.54) is 0 Å². The molecule has 1 fully saturated rings. The van der Waals surface area contributed by atoms with Crippen molar-refractivity contribution in [2.24, 2.45) is 0 Å². The number of hydrogen-bond acceptors (Lipinski definition) is 9. The van der Waals surface area contributed by atoms with Crippen molar-refractivity contribution in [2.45, 2.75) is 32.0 Å². The van der Waals surface area contributed by atoms with Gasteiger partial charge in [-0.25, -0.2) is 19.7 Å². The number of thiazole rings is 1. The Morgan fingerprint density at radius 2 is 2.14 bits per heavy atom. The van der Waals surface area contributed by atoms with Gasteiger partial charge in [0, 0.05) is 31.0 Å². The first-order chi connectivity index (χ1) is 17.5. The van der Waals surface area contributed by atoms with E-state index in [0.717, 1.165) is 55.1 Å². The largest absolute Gasteiger partial charge is 0.488 e. The van der Waals surface area contributed by atoms with Gasteiger partial charge in [0.25, 0.3) is 0 Å². The lowest BCUT2D eigenvalue weighted by molar-refractivity contribution is 0.0523. The molecular formula is C26H26N4O5S. The number of ether oxygens (including phenoxy) is 4. The van der Waals surface area contributed by atoms with Crippen LogP contribution in [0, 0.1) is 6.92 Å². The molecule has 9 nitrogen and oxygen atoms in total. The van der Waals surface area contributed by atoms with Crippen molar-refractivity contribution >= 4 is 38.7 Å². The van der Waals surface area contributed by atoms with E-state index >= 15 is 0 Å². The molecule has 4 aromatic rings. The molecule has 10 heteroatoms. The van der Waals surface area contributed by atoms with Crippen LogP contribution < -0.4 is 9.47 Å². The summed E-state index contributed by atoms with van der Waals surface area (Å²) in [5.41, 5.74) is 5.63. The number of benzene rings is 2. The van der Waals surface area contributed by atoms with Gasteiger partial charge in [-0.15, -0.1) is 11.3 Å². The first kappa shape index (κ1) is 22.9. The van der Waals surface area contributed by atoms with E-state index in [4.69, 9.17) is 23.9 Å². The van der Waals surface area contributed by atoms with Gasteiger partial charge in [-0.1, -0.05) is 0 Å². The summed E-state index contributed by atoms with van der Waals surface area (Å²) < 4.78 is 23.4. The number of nitrogens with zero attached hydrogens (tertiary/aromatic N) is 4. The van der Waals surface area contributed by atoms with Crippen molar-refractivity contribution in [2.75, 3.05) is 33.9 Å². The highest BCUT2D eigenvalue weighted by Gasteiger charge is 2.30. The molecule has 2 aromatic heterocycles. The third-order valence-electron chi connectivity index (χ3n) is 6.50. The molecule has 2 atom stereocenters. The summed E-state index contributed by atoms with van der Waals surface area (Å²) >= 11 is 1.63. The third-order valence-corrected chi connectivity index (χ3v) is 7.66. The van der Waals surface area contributed by atoms with Crippen LogP contribution in [-0.4, -0.2) is 72.1 Å². The second-order valence-electron chi connectivity index (χ2n) is 9.20. The zero-order valence-corrected chi connectivity index (χ0v) is 21.1. The Morgan fingerprint density at radius 3 is 2.94 bits per heavy atom. The van der Waals surface area contributed by atoms with E-state index in [-0.39, 0.29) is 18.3 Å². The number of hydrogen-bond donors (Lipinski definition) is 0. The number of amides is 1. The second kappa shape index (κ2) is 9.18. The Morgan fingerprint density at radius 1 is 1.25 bits per heavy atom. The van der Waals surface area contributed by atoms with Gasteiger partial charge >= 0.3 is 6.09 Å². The number of carbonyl (C=O) groups is 1. The summed E-state index contributed by atoms with van der Waals surface area (Å²) in [5.74, 6) is 1.32. The SMILES string of the molecule is COc1cnc2c(-c3nc4ccc5c(c4s3)C[C@@H](CN(C)C(=O)OC3CCOC3)O5)cc(C)cc2n1. The normalized spacial score (nSPS) is 18.9. The minimum Gasteiger partial charge on any atom is -0.488 e. The van der Waals surface area contributed by atoms with Crippen molar-refractivity contribution in [3.63, 3.8) is 0 Å². The van der Waals surface area contributed by atoms with E-state index in [1.807, 2.05) is 25.1 Å². The summed E-state index contributed by atoms with van der Waals surface area (Å²) in [7, 11) is 3.32. The number of carbonyl (C=O) groups excluding carboxylic acids is 1. The lowest BCUT2D eigenvalue weighted by atomic mass is 10.1. The van der Waals surface area contributed by atoms with Crippen molar-refractivity contribution in [1.82, 2.24) is 19.9 Å². The Bertz CT molecular complexity index is 1470. The second-order valence-corrected chi connectivity index (χ2v) is 10.2. The fourth-order valence-corrected chi connectivity index (χ4v) is 5.85. The summed E-state index contributed by atoms with van der Waals surface area (Å²) in [6, 6.07) is 8.05. The van der Waals surface area contributed by atoms with E-state index in [1.54, 1.807) is 36.6 Å². The number of methoxy groups -OCH3 is 1. The molecule has 2 aliphatic rings. The number of rotatable bonds is 5. The lowest BCUT2D eigenvalue weighted by Gasteiger charge is -2.22. The average molecular weight is 507 g/mol. The van der Waals surface area contributed by atoms with Gasteiger partial charge < -0.3 is 23.8 Å². The maximum Gasteiger partial charge on any atom is 0.409 e. The van der Waals surface area contributed by atoms with E-state index in [9.17, 15) is 4.79 Å². The number of fused-ring (bicyclic) bond motifs is 4. The zero-order chi connectivity index (χ0) is 24.8. The predicted octanol–water partition coefficient (Wildman–Crippen LogP) is 4.38. The van der Waals surface area contributed by atoms with Crippen LogP contribution in [0.3, 0.4) is 0 Å². The number of likely N-dealkylation sites (N-methyl/N-ethyl adjacent to an activating group) is 1. The quantitative estimate of drug-likeness (QED) is 0.393. The van der Waals surface area contributed by atoms with Crippen LogP contribution in [0.5, 0.6) is 11.6 Å². The molecule has 0 radical (unpaired) electrons.